The summed E-state index contributed by atoms with van der Waals surface area (Å²) in [5.41, 5.74) is 1.67. The van der Waals surface area contributed by atoms with Gasteiger partial charge in [0.15, 0.2) is 0 Å². The summed E-state index contributed by atoms with van der Waals surface area (Å²) in [6.07, 6.45) is 3.27. The number of carboxylic acids is 1. The van der Waals surface area contributed by atoms with E-state index in [1.54, 1.807) is 24.1 Å². The van der Waals surface area contributed by atoms with E-state index in [0.29, 0.717) is 18.0 Å². The molecule has 1 aliphatic rings. The molecule has 0 bridgehead atoms. The van der Waals surface area contributed by atoms with Gasteiger partial charge in [-0.1, -0.05) is 38.3 Å². The van der Waals surface area contributed by atoms with Crippen LogP contribution in [0.25, 0.3) is 0 Å². The van der Waals surface area contributed by atoms with Crippen molar-refractivity contribution in [2.24, 2.45) is 0 Å². The number of anilines is 1. The first kappa shape index (κ1) is 25.0. The molecule has 2 atom stereocenters. The number of ether oxygens (including phenoxy) is 1. The van der Waals surface area contributed by atoms with Crippen LogP contribution in [0.2, 0.25) is 0 Å². The van der Waals surface area contributed by atoms with Gasteiger partial charge in [-0.25, -0.2) is 4.79 Å². The second-order valence-corrected chi connectivity index (χ2v) is 8.64. The molecule has 3 N–H and O–H groups in total. The van der Waals surface area contributed by atoms with Gasteiger partial charge in [-0.2, -0.15) is 0 Å². The third-order valence-electron chi connectivity index (χ3n) is 4.93. The molecule has 1 aliphatic heterocycles. The van der Waals surface area contributed by atoms with Crippen molar-refractivity contribution >= 4 is 28.9 Å². The number of nitrogens with zero attached hydrogens (tertiary/aromatic N) is 1. The van der Waals surface area contributed by atoms with E-state index in [2.05, 4.69) is 6.92 Å². The minimum absolute atomic E-state index is 0.0475. The lowest BCUT2D eigenvalue weighted by Gasteiger charge is -2.17. The van der Waals surface area contributed by atoms with Crippen LogP contribution in [-0.4, -0.2) is 47.0 Å². The van der Waals surface area contributed by atoms with Crippen molar-refractivity contribution in [1.29, 1.82) is 0 Å². The zero-order valence-corrected chi connectivity index (χ0v) is 18.8. The van der Waals surface area contributed by atoms with Crippen LogP contribution in [0.5, 0.6) is 0 Å². The third-order valence-corrected chi connectivity index (χ3v) is 5.98. The highest BCUT2D eigenvalue weighted by Gasteiger charge is 2.28. The number of methoxy groups -OCH3 is 1. The van der Waals surface area contributed by atoms with Gasteiger partial charge >= 0.3 is 5.97 Å². The molecular weight excluding hydrogens is 418 g/mol. The molecule has 1 saturated heterocycles. The second kappa shape index (κ2) is 12.6. The first-order chi connectivity index (χ1) is 14.8. The van der Waals surface area contributed by atoms with Gasteiger partial charge in [-0.05, 0) is 36.2 Å². The number of hydrogen-bond acceptors (Lipinski definition) is 6. The molecule has 1 fully saturated rings. The Morgan fingerprint density at radius 1 is 1.23 bits per heavy atom. The largest absolute Gasteiger partial charge is 0.477 e. The van der Waals surface area contributed by atoms with Crippen LogP contribution in [0.4, 0.5) is 5.69 Å². The highest BCUT2D eigenvalue weighted by atomic mass is 32.1. The van der Waals surface area contributed by atoms with Gasteiger partial charge in [0.2, 0.25) is 5.91 Å². The molecule has 1 amide bonds. The smallest absolute Gasteiger partial charge is 0.345 e. The van der Waals surface area contributed by atoms with E-state index in [-0.39, 0.29) is 12.3 Å². The van der Waals surface area contributed by atoms with E-state index >= 15 is 0 Å². The Balaban J connectivity index is 0.000000262. The van der Waals surface area contributed by atoms with E-state index in [1.807, 2.05) is 24.3 Å². The van der Waals surface area contributed by atoms with Gasteiger partial charge in [0.05, 0.1) is 31.8 Å². The molecule has 0 aliphatic carbocycles. The molecular formula is C23H31NO6S. The number of carboxylic acid groups (broad SMARTS) is 1. The summed E-state index contributed by atoms with van der Waals surface area (Å²) >= 11 is 1.24. The summed E-state index contributed by atoms with van der Waals surface area (Å²) in [6.45, 7) is 2.98. The molecule has 2 aromatic rings. The Hall–Kier alpha value is -2.26. The number of β-amino-alcohol motifs (C(OH)–C–C–N with tert-alkyl or cyclic N) is 1. The number of aliphatic hydroxyl groups is 2. The number of hydrogen-bond donors (Lipinski definition) is 3. The Morgan fingerprint density at radius 2 is 1.94 bits per heavy atom. The molecule has 1 aromatic carbocycles. The van der Waals surface area contributed by atoms with Crippen LogP contribution in [0, 0.1) is 0 Å². The van der Waals surface area contributed by atoms with Crippen LogP contribution < -0.4 is 4.90 Å². The van der Waals surface area contributed by atoms with Crippen molar-refractivity contribution in [2.45, 2.75) is 57.8 Å². The predicted octanol–water partition coefficient (Wildman–Crippen LogP) is 3.99. The number of unbranched alkanes of at least 4 members (excludes halogenated alkanes) is 2. The van der Waals surface area contributed by atoms with E-state index in [9.17, 15) is 19.8 Å². The summed E-state index contributed by atoms with van der Waals surface area (Å²) in [5, 5.41) is 28.1. The average Bonchev–Trinajstić information content (AvgIpc) is 3.35. The van der Waals surface area contributed by atoms with Crippen LogP contribution >= 0.6 is 11.3 Å². The standard InChI is InChI=1S/C16H23NO3.C7H8O3S/c1-2-3-4-5-15(19)12-6-8-13(9-7-12)17-11-14(18)10-16(17)20;1-10-4-5-2-3-6(11-5)7(8)9/h6-9,14-15,18-19H,2-5,10-11H2,1H3;2-3H,4H2,1H3,(H,8,9)/t14-,15?;/m1./s1. The Bertz CT molecular complexity index is 835. The summed E-state index contributed by atoms with van der Waals surface area (Å²) < 4.78 is 4.84. The normalized spacial score (nSPS) is 16.7. The van der Waals surface area contributed by atoms with Crippen LogP contribution in [-0.2, 0) is 16.1 Å². The Labute approximate surface area is 186 Å². The van der Waals surface area contributed by atoms with Crippen LogP contribution in [0.1, 0.15) is 65.2 Å². The Morgan fingerprint density at radius 3 is 2.45 bits per heavy atom. The van der Waals surface area contributed by atoms with E-state index in [1.165, 1.54) is 11.3 Å². The Kier molecular flexibility index (Phi) is 10.1. The molecule has 2 heterocycles. The number of carbonyl (C=O) groups is 2. The topological polar surface area (TPSA) is 107 Å². The number of amides is 1. The summed E-state index contributed by atoms with van der Waals surface area (Å²) in [7, 11) is 1.58. The van der Waals surface area contributed by atoms with Gasteiger partial charge < -0.3 is 25.0 Å². The molecule has 0 radical (unpaired) electrons. The lowest BCUT2D eigenvalue weighted by Crippen LogP contribution is -2.25. The maximum absolute atomic E-state index is 11.7. The van der Waals surface area contributed by atoms with Crippen molar-refractivity contribution in [3.8, 4) is 0 Å². The first-order valence-corrected chi connectivity index (χ1v) is 11.2. The lowest BCUT2D eigenvalue weighted by atomic mass is 10.0. The molecule has 31 heavy (non-hydrogen) atoms. The minimum atomic E-state index is -0.877. The maximum Gasteiger partial charge on any atom is 0.345 e. The van der Waals surface area contributed by atoms with Crippen LogP contribution in [0.3, 0.4) is 0 Å². The third kappa shape index (κ3) is 7.74. The van der Waals surface area contributed by atoms with Crippen molar-refractivity contribution in [1.82, 2.24) is 0 Å². The molecule has 0 saturated carbocycles. The fourth-order valence-corrected chi connectivity index (χ4v) is 4.10. The summed E-state index contributed by atoms with van der Waals surface area (Å²) in [6, 6.07) is 10.8. The molecule has 3 rings (SSSR count). The molecule has 170 valence electrons. The summed E-state index contributed by atoms with van der Waals surface area (Å²) in [5.74, 6) is -0.925. The van der Waals surface area contributed by atoms with E-state index in [0.717, 1.165) is 41.8 Å². The molecule has 7 nitrogen and oxygen atoms in total. The highest BCUT2D eigenvalue weighted by molar-refractivity contribution is 7.13. The fraction of sp³-hybridized carbons (Fsp3) is 0.478. The number of aromatic carboxylic acids is 1. The zero-order valence-electron chi connectivity index (χ0n) is 18.0. The van der Waals surface area contributed by atoms with Gasteiger partial charge in [0.1, 0.15) is 4.88 Å². The monoisotopic (exact) mass is 449 g/mol. The maximum atomic E-state index is 11.7. The zero-order chi connectivity index (χ0) is 22.8. The van der Waals surface area contributed by atoms with Gasteiger partial charge in [-0.15, -0.1) is 11.3 Å². The number of aliphatic hydroxyl groups excluding tert-OH is 2. The van der Waals surface area contributed by atoms with Crippen molar-refractivity contribution in [3.05, 3.63) is 51.7 Å². The molecule has 1 aromatic heterocycles. The minimum Gasteiger partial charge on any atom is -0.477 e. The van der Waals surface area contributed by atoms with Crippen molar-refractivity contribution in [3.63, 3.8) is 0 Å². The fourth-order valence-electron chi connectivity index (χ4n) is 3.28. The van der Waals surface area contributed by atoms with Gasteiger partial charge in [0.25, 0.3) is 0 Å². The highest BCUT2D eigenvalue weighted by Crippen LogP contribution is 2.25. The quantitative estimate of drug-likeness (QED) is 0.500. The number of benzene rings is 1. The first-order valence-electron chi connectivity index (χ1n) is 10.4. The lowest BCUT2D eigenvalue weighted by molar-refractivity contribution is -0.117. The summed E-state index contributed by atoms with van der Waals surface area (Å²) in [4.78, 5) is 25.0. The number of rotatable bonds is 9. The van der Waals surface area contributed by atoms with Crippen molar-refractivity contribution in [2.75, 3.05) is 18.6 Å². The van der Waals surface area contributed by atoms with Gasteiger partial charge in [-0.3, -0.25) is 4.79 Å². The number of thiophene rings is 1. The second-order valence-electron chi connectivity index (χ2n) is 7.47. The molecule has 8 heteroatoms. The van der Waals surface area contributed by atoms with Gasteiger partial charge in [0, 0.05) is 17.7 Å². The average molecular weight is 450 g/mol. The van der Waals surface area contributed by atoms with E-state index in [4.69, 9.17) is 9.84 Å². The SMILES string of the molecule is CCCCCC(O)c1ccc(N2C[C@H](O)CC2=O)cc1.COCc1ccc(C(=O)O)s1. The van der Waals surface area contributed by atoms with E-state index < -0.39 is 18.2 Å². The predicted molar refractivity (Wildman–Crippen MR) is 121 cm³/mol. The van der Waals surface area contributed by atoms with Crippen LogP contribution in [0.15, 0.2) is 36.4 Å². The number of carbonyl (C=O) groups excluding carboxylic acids is 1. The molecule has 1 unspecified atom stereocenters. The molecule has 0 spiro atoms. The van der Waals surface area contributed by atoms with Crippen molar-refractivity contribution < 1.29 is 29.6 Å².